The number of benzene rings is 3. The van der Waals surface area contributed by atoms with E-state index in [-0.39, 0.29) is 36.0 Å². The Balaban J connectivity index is 1.21. The molecule has 1 spiro atoms. The molecule has 6 rings (SSSR count). The number of carbonyl (C=O) groups excluding carboxylic acids is 2. The molecule has 3 aromatic carbocycles. The molecular weight excluding hydrogens is 534 g/mol. The summed E-state index contributed by atoms with van der Waals surface area (Å²) in [5.41, 5.74) is 2.56. The SMILES string of the molecule is CC(=O)N1CC2(CCN(CCC3c4ccc(F)c(F)c4CCN3C(=O)c3ccc(F)cc3)CC2)c2cc(F)ccc21. The van der Waals surface area contributed by atoms with E-state index in [1.807, 2.05) is 0 Å². The van der Waals surface area contributed by atoms with Crippen LogP contribution in [0.3, 0.4) is 0 Å². The van der Waals surface area contributed by atoms with Crippen LogP contribution in [-0.4, -0.2) is 54.3 Å². The van der Waals surface area contributed by atoms with E-state index in [1.165, 1.54) is 37.3 Å². The average Bonchev–Trinajstić information content (AvgIpc) is 3.27. The van der Waals surface area contributed by atoms with E-state index in [9.17, 15) is 27.2 Å². The first-order valence-corrected chi connectivity index (χ1v) is 14.0. The first-order chi connectivity index (χ1) is 19.7. The molecule has 0 N–H and O–H groups in total. The van der Waals surface area contributed by atoms with Crippen molar-refractivity contribution in [3.63, 3.8) is 0 Å². The molecule has 9 heteroatoms. The number of piperidine rings is 1. The van der Waals surface area contributed by atoms with Crippen LogP contribution in [0.5, 0.6) is 0 Å². The largest absolute Gasteiger partial charge is 0.331 e. The maximum absolute atomic E-state index is 14.8. The highest BCUT2D eigenvalue weighted by atomic mass is 19.2. The molecule has 3 aliphatic rings. The van der Waals surface area contributed by atoms with Crippen molar-refractivity contribution < 1.29 is 27.2 Å². The van der Waals surface area contributed by atoms with Crippen LogP contribution in [0, 0.1) is 23.3 Å². The van der Waals surface area contributed by atoms with Gasteiger partial charge in [-0.3, -0.25) is 9.59 Å². The quantitative estimate of drug-likeness (QED) is 0.377. The summed E-state index contributed by atoms with van der Waals surface area (Å²) in [7, 11) is 0. The molecule has 3 heterocycles. The zero-order valence-corrected chi connectivity index (χ0v) is 22.8. The molecule has 2 amide bonds. The van der Waals surface area contributed by atoms with Gasteiger partial charge in [0.2, 0.25) is 5.91 Å². The van der Waals surface area contributed by atoms with Crippen LogP contribution in [0.25, 0.3) is 0 Å². The summed E-state index contributed by atoms with van der Waals surface area (Å²) in [6.07, 6.45) is 2.18. The minimum atomic E-state index is -0.907. The summed E-state index contributed by atoms with van der Waals surface area (Å²) in [5.74, 6) is -2.89. The molecule has 214 valence electrons. The second-order valence-electron chi connectivity index (χ2n) is 11.4. The zero-order chi connectivity index (χ0) is 28.9. The van der Waals surface area contributed by atoms with Crippen LogP contribution in [-0.2, 0) is 16.6 Å². The number of carbonyl (C=O) groups is 2. The minimum Gasteiger partial charge on any atom is -0.331 e. The van der Waals surface area contributed by atoms with Gasteiger partial charge in [0.15, 0.2) is 11.6 Å². The molecule has 1 saturated heterocycles. The highest BCUT2D eigenvalue weighted by Crippen LogP contribution is 2.47. The van der Waals surface area contributed by atoms with Gasteiger partial charge < -0.3 is 14.7 Å². The standard InChI is InChI=1S/C32H31F4N3O2/c1-20(40)39-19-32(26-18-23(34)6-9-29(26)39)12-16-37(17-13-32)14-11-28-24-7-8-27(35)30(36)25(24)10-15-38(28)31(41)21-2-4-22(33)5-3-21/h2-9,18,28H,10-17,19H2,1H3. The normalized spacial score (nSPS) is 19.8. The van der Waals surface area contributed by atoms with Crippen molar-refractivity contribution in [2.24, 2.45) is 0 Å². The van der Waals surface area contributed by atoms with E-state index in [2.05, 4.69) is 4.90 Å². The Morgan fingerprint density at radius 3 is 2.32 bits per heavy atom. The first-order valence-electron chi connectivity index (χ1n) is 14.0. The molecule has 0 saturated carbocycles. The summed E-state index contributed by atoms with van der Waals surface area (Å²) in [5, 5.41) is 0. The molecule has 5 nitrogen and oxygen atoms in total. The fraction of sp³-hybridized carbons (Fsp3) is 0.375. The van der Waals surface area contributed by atoms with Gasteiger partial charge in [-0.15, -0.1) is 0 Å². The van der Waals surface area contributed by atoms with Crippen molar-refractivity contribution in [2.45, 2.75) is 44.1 Å². The van der Waals surface area contributed by atoms with Crippen molar-refractivity contribution in [3.8, 4) is 0 Å². The lowest BCUT2D eigenvalue weighted by atomic mass is 9.74. The third-order valence-corrected chi connectivity index (χ3v) is 9.12. The zero-order valence-electron chi connectivity index (χ0n) is 22.8. The van der Waals surface area contributed by atoms with E-state index in [0.717, 1.165) is 30.2 Å². The Labute approximate surface area is 236 Å². The van der Waals surface area contributed by atoms with Crippen LogP contribution in [0.15, 0.2) is 54.6 Å². The van der Waals surface area contributed by atoms with E-state index >= 15 is 0 Å². The lowest BCUT2D eigenvalue weighted by Crippen LogP contribution is -2.47. The minimum absolute atomic E-state index is 0.0669. The lowest BCUT2D eigenvalue weighted by Gasteiger charge is -2.42. The molecular formula is C32H31F4N3O2. The molecule has 3 aliphatic heterocycles. The molecule has 0 aromatic heterocycles. The third-order valence-electron chi connectivity index (χ3n) is 9.12. The molecule has 1 atom stereocenters. The summed E-state index contributed by atoms with van der Waals surface area (Å²) < 4.78 is 56.6. The van der Waals surface area contributed by atoms with Gasteiger partial charge in [0, 0.05) is 43.2 Å². The molecule has 1 fully saturated rings. The van der Waals surface area contributed by atoms with Gasteiger partial charge in [0.05, 0.1) is 6.04 Å². The number of amides is 2. The van der Waals surface area contributed by atoms with Gasteiger partial charge in [0.1, 0.15) is 11.6 Å². The smallest absolute Gasteiger partial charge is 0.254 e. The average molecular weight is 566 g/mol. The van der Waals surface area contributed by atoms with Crippen LogP contribution in [0.2, 0.25) is 0 Å². The van der Waals surface area contributed by atoms with E-state index in [0.29, 0.717) is 49.3 Å². The summed E-state index contributed by atoms with van der Waals surface area (Å²) in [6, 6.07) is 12.2. The van der Waals surface area contributed by atoms with Crippen LogP contribution in [0.1, 0.15) is 59.3 Å². The topological polar surface area (TPSA) is 43.9 Å². The second kappa shape index (κ2) is 10.6. The molecule has 3 aromatic rings. The Bertz CT molecular complexity index is 1500. The number of halogens is 4. The fourth-order valence-corrected chi connectivity index (χ4v) is 6.90. The summed E-state index contributed by atoms with van der Waals surface area (Å²) in [4.78, 5) is 31.5. The number of nitrogens with zero attached hydrogens (tertiary/aromatic N) is 3. The number of rotatable bonds is 4. The van der Waals surface area contributed by atoms with E-state index in [4.69, 9.17) is 0 Å². The highest BCUT2D eigenvalue weighted by molar-refractivity contribution is 5.95. The van der Waals surface area contributed by atoms with Crippen molar-refractivity contribution in [1.29, 1.82) is 0 Å². The molecule has 0 bridgehead atoms. The van der Waals surface area contributed by atoms with Crippen LogP contribution in [0.4, 0.5) is 23.2 Å². The lowest BCUT2D eigenvalue weighted by molar-refractivity contribution is -0.116. The Hall–Kier alpha value is -3.72. The predicted octanol–water partition coefficient (Wildman–Crippen LogP) is 5.77. The summed E-state index contributed by atoms with van der Waals surface area (Å²) >= 11 is 0. The maximum atomic E-state index is 14.8. The molecule has 1 unspecified atom stereocenters. The van der Waals surface area contributed by atoms with Gasteiger partial charge in [0.25, 0.3) is 5.91 Å². The number of fused-ring (bicyclic) bond motifs is 3. The highest BCUT2D eigenvalue weighted by Gasteiger charge is 2.46. The van der Waals surface area contributed by atoms with Crippen molar-refractivity contribution in [1.82, 2.24) is 9.80 Å². The monoisotopic (exact) mass is 565 g/mol. The number of likely N-dealkylation sites (tertiary alicyclic amines) is 1. The maximum Gasteiger partial charge on any atom is 0.254 e. The van der Waals surface area contributed by atoms with Crippen LogP contribution < -0.4 is 4.90 Å². The van der Waals surface area contributed by atoms with Gasteiger partial charge in [-0.25, -0.2) is 17.6 Å². The second-order valence-corrected chi connectivity index (χ2v) is 11.4. The van der Waals surface area contributed by atoms with E-state index in [1.54, 1.807) is 28.0 Å². The van der Waals surface area contributed by atoms with Crippen molar-refractivity contribution in [2.75, 3.05) is 37.6 Å². The first kappa shape index (κ1) is 27.4. The van der Waals surface area contributed by atoms with Crippen LogP contribution >= 0.6 is 0 Å². The Morgan fingerprint density at radius 2 is 1.61 bits per heavy atom. The Morgan fingerprint density at radius 1 is 0.902 bits per heavy atom. The third kappa shape index (κ3) is 4.90. The van der Waals surface area contributed by atoms with Gasteiger partial charge in [-0.2, -0.15) is 0 Å². The van der Waals surface area contributed by atoms with E-state index < -0.39 is 23.5 Å². The molecule has 41 heavy (non-hydrogen) atoms. The fourth-order valence-electron chi connectivity index (χ4n) is 6.90. The van der Waals surface area contributed by atoms with Gasteiger partial charge in [-0.1, -0.05) is 6.07 Å². The summed E-state index contributed by atoms with van der Waals surface area (Å²) in [6.45, 7) is 4.31. The van der Waals surface area contributed by atoms with Crippen molar-refractivity contribution in [3.05, 3.63) is 100 Å². The van der Waals surface area contributed by atoms with Crippen molar-refractivity contribution >= 4 is 17.5 Å². The molecule has 0 radical (unpaired) electrons. The number of anilines is 1. The number of hydrogen-bond donors (Lipinski definition) is 0. The Kier molecular flexibility index (Phi) is 7.09. The number of hydrogen-bond acceptors (Lipinski definition) is 3. The molecule has 0 aliphatic carbocycles. The van der Waals surface area contributed by atoms with Gasteiger partial charge in [-0.05, 0) is 104 Å². The van der Waals surface area contributed by atoms with Gasteiger partial charge >= 0.3 is 0 Å². The predicted molar refractivity (Wildman–Crippen MR) is 147 cm³/mol.